The van der Waals surface area contributed by atoms with E-state index in [0.717, 1.165) is 24.7 Å². The van der Waals surface area contributed by atoms with Crippen molar-refractivity contribution in [3.8, 4) is 0 Å². The number of hydrogen-bond donors (Lipinski definition) is 0. The van der Waals surface area contributed by atoms with Crippen molar-refractivity contribution >= 4 is 5.78 Å². The van der Waals surface area contributed by atoms with Crippen LogP contribution in [0.3, 0.4) is 0 Å². The molecule has 56 valence electrons. The lowest BCUT2D eigenvalue weighted by Gasteiger charge is -2.32. The second kappa shape index (κ2) is 2.37. The first kappa shape index (κ1) is 6.38. The number of rotatable bonds is 0. The van der Waals surface area contributed by atoms with Crippen LogP contribution in [0, 0.1) is 11.8 Å². The van der Waals surface area contributed by atoms with E-state index < -0.39 is 0 Å². The Bertz CT molecular complexity index is 137. The average molecular weight is 138 g/mol. The maximum Gasteiger partial charge on any atom is 0.133 e. The molecule has 0 aromatic carbocycles. The summed E-state index contributed by atoms with van der Waals surface area (Å²) in [6.07, 6.45) is 7.17. The molecule has 2 rings (SSSR count). The fourth-order valence-corrected chi connectivity index (χ4v) is 2.50. The van der Waals surface area contributed by atoms with E-state index in [1.165, 1.54) is 25.7 Å². The van der Waals surface area contributed by atoms with E-state index in [4.69, 9.17) is 0 Å². The molecule has 2 aliphatic carbocycles. The third-order valence-corrected chi connectivity index (χ3v) is 2.92. The van der Waals surface area contributed by atoms with Gasteiger partial charge in [0.15, 0.2) is 0 Å². The Balaban J connectivity index is 2.05. The third-order valence-electron chi connectivity index (χ3n) is 2.92. The van der Waals surface area contributed by atoms with E-state index in [0.29, 0.717) is 5.78 Å². The van der Waals surface area contributed by atoms with Crippen molar-refractivity contribution in [3.05, 3.63) is 0 Å². The zero-order valence-electron chi connectivity index (χ0n) is 6.31. The van der Waals surface area contributed by atoms with Crippen molar-refractivity contribution in [1.82, 2.24) is 0 Å². The van der Waals surface area contributed by atoms with Crippen molar-refractivity contribution in [3.63, 3.8) is 0 Å². The van der Waals surface area contributed by atoms with Gasteiger partial charge >= 0.3 is 0 Å². The Morgan fingerprint density at radius 2 is 1.70 bits per heavy atom. The molecule has 2 unspecified atom stereocenters. The van der Waals surface area contributed by atoms with Gasteiger partial charge in [-0.05, 0) is 18.3 Å². The van der Waals surface area contributed by atoms with Crippen LogP contribution >= 0.6 is 0 Å². The van der Waals surface area contributed by atoms with Gasteiger partial charge < -0.3 is 0 Å². The van der Waals surface area contributed by atoms with Crippen LogP contribution in [0.4, 0.5) is 0 Å². The van der Waals surface area contributed by atoms with Crippen LogP contribution in [0.1, 0.15) is 38.5 Å². The molecule has 2 aliphatic rings. The summed E-state index contributed by atoms with van der Waals surface area (Å²) in [6, 6.07) is 0. The Morgan fingerprint density at radius 1 is 1.10 bits per heavy atom. The number of hydrogen-bond acceptors (Lipinski definition) is 1. The van der Waals surface area contributed by atoms with E-state index in [1.807, 2.05) is 0 Å². The highest BCUT2D eigenvalue weighted by Gasteiger charge is 2.29. The zero-order valence-corrected chi connectivity index (χ0v) is 6.31. The fourth-order valence-electron chi connectivity index (χ4n) is 2.50. The van der Waals surface area contributed by atoms with Crippen LogP contribution in [0.25, 0.3) is 0 Å². The van der Waals surface area contributed by atoms with Crippen molar-refractivity contribution in [1.29, 1.82) is 0 Å². The van der Waals surface area contributed by atoms with Gasteiger partial charge in [-0.1, -0.05) is 19.3 Å². The highest BCUT2D eigenvalue weighted by molar-refractivity contribution is 5.79. The summed E-state index contributed by atoms with van der Waals surface area (Å²) in [5, 5.41) is 0. The largest absolute Gasteiger partial charge is 0.300 e. The van der Waals surface area contributed by atoms with Crippen molar-refractivity contribution < 1.29 is 4.79 Å². The Kier molecular flexibility index (Phi) is 1.51. The van der Waals surface area contributed by atoms with Gasteiger partial charge in [0.1, 0.15) is 5.78 Å². The minimum atomic E-state index is 0.529. The number of carbonyl (C=O) groups excluding carboxylic acids is 1. The van der Waals surface area contributed by atoms with Gasteiger partial charge in [0.25, 0.3) is 0 Å². The minimum Gasteiger partial charge on any atom is -0.300 e. The van der Waals surface area contributed by atoms with Gasteiger partial charge in [0.05, 0.1) is 0 Å². The van der Waals surface area contributed by atoms with E-state index >= 15 is 0 Å². The SMILES string of the molecule is O=C1CC2CCCC(C1)C2. The minimum absolute atomic E-state index is 0.529. The molecule has 1 heteroatoms. The smallest absolute Gasteiger partial charge is 0.133 e. The predicted octanol–water partition coefficient (Wildman–Crippen LogP) is 2.16. The van der Waals surface area contributed by atoms with Crippen molar-refractivity contribution in [2.75, 3.05) is 0 Å². The van der Waals surface area contributed by atoms with E-state index in [-0.39, 0.29) is 0 Å². The molecule has 0 radical (unpaired) electrons. The molecule has 2 bridgehead atoms. The summed E-state index contributed by atoms with van der Waals surface area (Å²) in [6.45, 7) is 0. The highest BCUT2D eigenvalue weighted by Crippen LogP contribution is 2.37. The monoisotopic (exact) mass is 138 g/mol. The van der Waals surface area contributed by atoms with Crippen LogP contribution in [0.2, 0.25) is 0 Å². The lowest BCUT2D eigenvalue weighted by molar-refractivity contribution is -0.123. The second-order valence-corrected chi connectivity index (χ2v) is 3.85. The summed E-state index contributed by atoms with van der Waals surface area (Å²) >= 11 is 0. The summed E-state index contributed by atoms with van der Waals surface area (Å²) in [4.78, 5) is 11.1. The zero-order chi connectivity index (χ0) is 6.97. The summed E-state index contributed by atoms with van der Waals surface area (Å²) in [7, 11) is 0. The predicted molar refractivity (Wildman–Crippen MR) is 39.7 cm³/mol. The maximum absolute atomic E-state index is 11.1. The van der Waals surface area contributed by atoms with Gasteiger partial charge in [0, 0.05) is 12.8 Å². The van der Waals surface area contributed by atoms with Crippen LogP contribution in [0.15, 0.2) is 0 Å². The third kappa shape index (κ3) is 1.09. The normalized spacial score (nSPS) is 39.8. The molecule has 2 atom stereocenters. The lowest BCUT2D eigenvalue weighted by atomic mass is 9.72. The van der Waals surface area contributed by atoms with E-state index in [9.17, 15) is 4.79 Å². The van der Waals surface area contributed by atoms with Gasteiger partial charge in [-0.2, -0.15) is 0 Å². The molecule has 1 nitrogen and oxygen atoms in total. The number of fused-ring (bicyclic) bond motifs is 2. The molecule has 2 saturated carbocycles. The molecule has 0 spiro atoms. The van der Waals surface area contributed by atoms with Crippen LogP contribution in [0.5, 0.6) is 0 Å². The quantitative estimate of drug-likeness (QED) is 0.501. The first-order valence-electron chi connectivity index (χ1n) is 4.36. The number of carbonyl (C=O) groups is 1. The first-order chi connectivity index (χ1) is 4.84. The molecule has 0 N–H and O–H groups in total. The first-order valence-corrected chi connectivity index (χ1v) is 4.36. The average Bonchev–Trinajstić information content (AvgIpc) is 1.85. The Hall–Kier alpha value is -0.330. The van der Waals surface area contributed by atoms with E-state index in [1.54, 1.807) is 0 Å². The maximum atomic E-state index is 11.1. The lowest BCUT2D eigenvalue weighted by Crippen LogP contribution is -2.26. The highest BCUT2D eigenvalue weighted by atomic mass is 16.1. The summed E-state index contributed by atoms with van der Waals surface area (Å²) in [5.41, 5.74) is 0. The topological polar surface area (TPSA) is 17.1 Å². The molecular formula is C9H14O. The number of Topliss-reactive ketones (excluding diaryl/α,β-unsaturated/α-hetero) is 1. The molecule has 0 aliphatic heterocycles. The summed E-state index contributed by atoms with van der Waals surface area (Å²) in [5.74, 6) is 2.08. The van der Waals surface area contributed by atoms with Crippen LogP contribution in [-0.2, 0) is 4.79 Å². The van der Waals surface area contributed by atoms with Crippen molar-refractivity contribution in [2.45, 2.75) is 38.5 Å². The fraction of sp³-hybridized carbons (Fsp3) is 0.889. The van der Waals surface area contributed by atoms with Crippen LogP contribution < -0.4 is 0 Å². The number of ketones is 1. The molecule has 0 heterocycles. The second-order valence-electron chi connectivity index (χ2n) is 3.85. The molecule has 0 amide bonds. The van der Waals surface area contributed by atoms with Crippen LogP contribution in [-0.4, -0.2) is 5.78 Å². The van der Waals surface area contributed by atoms with Crippen molar-refractivity contribution in [2.24, 2.45) is 11.8 Å². The van der Waals surface area contributed by atoms with Gasteiger partial charge in [-0.25, -0.2) is 0 Å². The molecule has 0 aromatic heterocycles. The van der Waals surface area contributed by atoms with Gasteiger partial charge in [0.2, 0.25) is 0 Å². The summed E-state index contributed by atoms with van der Waals surface area (Å²) < 4.78 is 0. The van der Waals surface area contributed by atoms with Gasteiger partial charge in [-0.3, -0.25) is 4.79 Å². The molecule has 0 saturated heterocycles. The molecule has 0 aromatic rings. The van der Waals surface area contributed by atoms with E-state index in [2.05, 4.69) is 0 Å². The molecular weight excluding hydrogens is 124 g/mol. The Labute approximate surface area is 61.8 Å². The molecule has 10 heavy (non-hydrogen) atoms. The van der Waals surface area contributed by atoms with Gasteiger partial charge in [-0.15, -0.1) is 0 Å². The standard InChI is InChI=1S/C9H14O/c10-9-5-7-2-1-3-8(4-7)6-9/h7-8H,1-6H2. The molecule has 2 fully saturated rings. The Morgan fingerprint density at radius 3 is 2.30 bits per heavy atom.